The molecular formula is C16H21N3O2S. The number of hydrogen-bond donors (Lipinski definition) is 1. The fraction of sp³-hybridized carbons (Fsp3) is 0.562. The van der Waals surface area contributed by atoms with Gasteiger partial charge in [0.1, 0.15) is 0 Å². The smallest absolute Gasteiger partial charge is 0.269 e. The molecule has 0 aromatic heterocycles. The van der Waals surface area contributed by atoms with Crippen LogP contribution >= 0.6 is 11.8 Å². The van der Waals surface area contributed by atoms with Crippen molar-refractivity contribution in [1.82, 2.24) is 5.32 Å². The highest BCUT2D eigenvalue weighted by molar-refractivity contribution is 8.13. The molecule has 6 heteroatoms. The van der Waals surface area contributed by atoms with Crippen molar-refractivity contribution in [3.8, 4) is 0 Å². The van der Waals surface area contributed by atoms with Crippen LogP contribution in [0.1, 0.15) is 39.2 Å². The first kappa shape index (κ1) is 15.3. The maximum atomic E-state index is 11.0. The lowest BCUT2D eigenvalue weighted by atomic mass is 10.0. The Morgan fingerprint density at radius 3 is 2.91 bits per heavy atom. The van der Waals surface area contributed by atoms with Gasteiger partial charge in [0.2, 0.25) is 0 Å². The third kappa shape index (κ3) is 2.97. The zero-order valence-electron chi connectivity index (χ0n) is 13.1. The summed E-state index contributed by atoms with van der Waals surface area (Å²) in [6, 6.07) is 6.97. The van der Waals surface area contributed by atoms with Gasteiger partial charge in [0, 0.05) is 23.4 Å². The average Bonchev–Trinajstić information content (AvgIpc) is 3.12. The predicted molar refractivity (Wildman–Crippen MR) is 90.3 cm³/mol. The summed E-state index contributed by atoms with van der Waals surface area (Å²) in [6.07, 6.45) is 2.09. The van der Waals surface area contributed by atoms with Crippen LogP contribution in [-0.4, -0.2) is 21.4 Å². The van der Waals surface area contributed by atoms with Crippen molar-refractivity contribution in [3.05, 3.63) is 39.9 Å². The van der Waals surface area contributed by atoms with Crippen molar-refractivity contribution >= 4 is 22.6 Å². The summed E-state index contributed by atoms with van der Waals surface area (Å²) in [4.78, 5) is 15.7. The Kier molecular flexibility index (Phi) is 3.67. The third-order valence-corrected chi connectivity index (χ3v) is 5.02. The number of non-ortho nitro benzene ring substituents is 1. The second kappa shape index (κ2) is 5.26. The lowest BCUT2D eigenvalue weighted by Crippen LogP contribution is -2.39. The van der Waals surface area contributed by atoms with Gasteiger partial charge in [0.05, 0.1) is 10.5 Å². The second-order valence-electron chi connectivity index (χ2n) is 7.06. The first-order chi connectivity index (χ1) is 10.3. The third-order valence-electron chi connectivity index (χ3n) is 4.12. The first-order valence-corrected chi connectivity index (χ1v) is 8.54. The van der Waals surface area contributed by atoms with Gasteiger partial charge < -0.3 is 5.32 Å². The van der Waals surface area contributed by atoms with Crippen LogP contribution in [0.5, 0.6) is 0 Å². The van der Waals surface area contributed by atoms with Gasteiger partial charge in [-0.05, 0) is 45.1 Å². The Hall–Kier alpha value is -1.56. The quantitative estimate of drug-likeness (QED) is 0.667. The van der Waals surface area contributed by atoms with E-state index in [9.17, 15) is 10.1 Å². The molecule has 2 aliphatic rings. The van der Waals surface area contributed by atoms with E-state index in [-0.39, 0.29) is 21.7 Å². The molecule has 118 valence electrons. The van der Waals surface area contributed by atoms with E-state index in [1.165, 1.54) is 0 Å². The maximum Gasteiger partial charge on any atom is 0.269 e. The number of hydrogen-bond acceptors (Lipinski definition) is 5. The lowest BCUT2D eigenvalue weighted by Gasteiger charge is -2.23. The number of nitrogens with one attached hydrogen (secondary N) is 1. The average molecular weight is 319 g/mol. The highest BCUT2D eigenvalue weighted by Crippen LogP contribution is 2.59. The summed E-state index contributed by atoms with van der Waals surface area (Å²) < 4.78 is 0. The van der Waals surface area contributed by atoms with Crippen molar-refractivity contribution in [1.29, 1.82) is 0 Å². The van der Waals surface area contributed by atoms with Gasteiger partial charge in [0.25, 0.3) is 5.69 Å². The Bertz CT molecular complexity index is 639. The molecule has 0 unspecified atom stereocenters. The number of nitrogens with zero attached hydrogens (tertiary/aromatic N) is 2. The van der Waals surface area contributed by atoms with Crippen molar-refractivity contribution in [2.24, 2.45) is 10.9 Å². The fourth-order valence-electron chi connectivity index (χ4n) is 3.00. The summed E-state index contributed by atoms with van der Waals surface area (Å²) in [5.41, 5.74) is 0.824. The van der Waals surface area contributed by atoms with E-state index < -0.39 is 0 Å². The zero-order chi connectivity index (χ0) is 16.0. The summed E-state index contributed by atoms with van der Waals surface area (Å²) in [6.45, 7) is 6.35. The summed E-state index contributed by atoms with van der Waals surface area (Å²) in [7, 11) is 0. The molecule has 3 rings (SSSR count). The fourth-order valence-corrected chi connectivity index (χ4v) is 4.20. The number of nitro benzene ring substituents is 1. The highest BCUT2D eigenvalue weighted by atomic mass is 32.2. The van der Waals surface area contributed by atoms with Crippen molar-refractivity contribution in [3.63, 3.8) is 0 Å². The normalized spacial score (nSPS) is 27.4. The second-order valence-corrected chi connectivity index (χ2v) is 8.15. The van der Waals surface area contributed by atoms with E-state index in [2.05, 4.69) is 26.1 Å². The topological polar surface area (TPSA) is 67.5 Å². The molecule has 1 aliphatic carbocycles. The van der Waals surface area contributed by atoms with Crippen molar-refractivity contribution in [2.45, 2.75) is 44.7 Å². The Morgan fingerprint density at radius 2 is 2.23 bits per heavy atom. The van der Waals surface area contributed by atoms with E-state index in [0.717, 1.165) is 29.3 Å². The molecule has 1 aromatic rings. The highest BCUT2D eigenvalue weighted by Gasteiger charge is 2.56. The maximum absolute atomic E-state index is 11.0. The number of amidine groups is 1. The largest absolute Gasteiger partial charge is 0.360 e. The molecule has 5 nitrogen and oxygen atoms in total. The van der Waals surface area contributed by atoms with Crippen molar-refractivity contribution < 1.29 is 4.92 Å². The zero-order valence-corrected chi connectivity index (χ0v) is 13.9. The minimum absolute atomic E-state index is 0.0373. The van der Waals surface area contributed by atoms with E-state index in [0.29, 0.717) is 5.92 Å². The molecule has 0 spiro atoms. The van der Waals surface area contributed by atoms with Gasteiger partial charge in [-0.1, -0.05) is 23.9 Å². The van der Waals surface area contributed by atoms with Gasteiger partial charge in [0.15, 0.2) is 5.17 Å². The van der Waals surface area contributed by atoms with Gasteiger partial charge >= 0.3 is 0 Å². The van der Waals surface area contributed by atoms with Gasteiger partial charge in [-0.2, -0.15) is 0 Å². The first-order valence-electron chi connectivity index (χ1n) is 7.56. The van der Waals surface area contributed by atoms with Crippen LogP contribution in [0.4, 0.5) is 5.69 Å². The minimum atomic E-state index is -0.332. The molecule has 1 heterocycles. The van der Waals surface area contributed by atoms with Crippen LogP contribution in [0.15, 0.2) is 29.3 Å². The molecule has 0 saturated heterocycles. The number of nitro groups is 1. The number of fused-ring (bicyclic) bond motifs is 1. The molecule has 1 fully saturated rings. The number of rotatable bonds is 2. The van der Waals surface area contributed by atoms with Crippen LogP contribution in [0.3, 0.4) is 0 Å². The van der Waals surface area contributed by atoms with Crippen LogP contribution in [0.25, 0.3) is 0 Å². The van der Waals surface area contributed by atoms with Gasteiger partial charge in [-0.15, -0.1) is 0 Å². The Labute approximate surface area is 134 Å². The number of benzene rings is 1. The number of aliphatic imine (C=N–C) groups is 1. The molecule has 0 amide bonds. The molecule has 0 bridgehead atoms. The lowest BCUT2D eigenvalue weighted by molar-refractivity contribution is -0.384. The molecule has 2 atom stereocenters. The SMILES string of the molecule is CC(C)(C)NC1=N[C@@]2(c3cccc([N+](=O)[O-])c3)C[C@H]2CCS1. The van der Waals surface area contributed by atoms with E-state index in [4.69, 9.17) is 4.99 Å². The summed E-state index contributed by atoms with van der Waals surface area (Å²) in [5, 5.41) is 15.5. The monoisotopic (exact) mass is 319 g/mol. The Morgan fingerprint density at radius 1 is 1.45 bits per heavy atom. The van der Waals surface area contributed by atoms with Crippen LogP contribution in [-0.2, 0) is 5.54 Å². The molecule has 0 radical (unpaired) electrons. The molecule has 1 aromatic carbocycles. The standard InChI is InChI=1S/C16H21N3O2S/c1-15(2,3)17-14-18-16(10-12(16)7-8-22-14)11-5-4-6-13(9-11)19(20)21/h4-6,9,12H,7-8,10H2,1-3H3,(H,17,18)/t12-,16-/m1/s1. The van der Waals surface area contributed by atoms with Gasteiger partial charge in [-0.3, -0.25) is 15.1 Å². The summed E-state index contributed by atoms with van der Waals surface area (Å²) in [5.74, 6) is 1.55. The van der Waals surface area contributed by atoms with E-state index in [1.807, 2.05) is 6.07 Å². The van der Waals surface area contributed by atoms with Crippen LogP contribution < -0.4 is 5.32 Å². The molecular weight excluding hydrogens is 298 g/mol. The van der Waals surface area contributed by atoms with E-state index in [1.54, 1.807) is 30.0 Å². The summed E-state index contributed by atoms with van der Waals surface area (Å²) >= 11 is 1.75. The number of thioether (sulfide) groups is 1. The Balaban J connectivity index is 1.96. The van der Waals surface area contributed by atoms with Crippen LogP contribution in [0, 0.1) is 16.0 Å². The van der Waals surface area contributed by atoms with Crippen LogP contribution in [0.2, 0.25) is 0 Å². The molecule has 1 saturated carbocycles. The predicted octanol–water partition coefficient (Wildman–Crippen LogP) is 3.69. The minimum Gasteiger partial charge on any atom is -0.360 e. The van der Waals surface area contributed by atoms with Gasteiger partial charge in [-0.25, -0.2) is 0 Å². The molecule has 22 heavy (non-hydrogen) atoms. The van der Waals surface area contributed by atoms with E-state index >= 15 is 0 Å². The molecule has 1 aliphatic heterocycles. The molecule has 1 N–H and O–H groups in total. The van der Waals surface area contributed by atoms with Crippen molar-refractivity contribution in [2.75, 3.05) is 5.75 Å².